The Labute approximate surface area is 111 Å². The van der Waals surface area contributed by atoms with Crippen LogP contribution < -0.4 is 0 Å². The van der Waals surface area contributed by atoms with E-state index in [1.165, 1.54) is 16.7 Å². The standard InChI is InChI=1S/C18H22/c1-4-6-8-9-11-17(10-7-5-2)18-14-12-16(3)13-15-18/h4-10,12-15H,11H2,1-3H3/b6-4-,7-5-,9-8-,17-10+. The minimum Gasteiger partial charge on any atom is -0.0877 e. The highest BCUT2D eigenvalue weighted by Crippen LogP contribution is 2.19. The lowest BCUT2D eigenvalue weighted by Crippen LogP contribution is -1.83. The zero-order valence-electron chi connectivity index (χ0n) is 11.6. The van der Waals surface area contributed by atoms with Gasteiger partial charge in [0.05, 0.1) is 0 Å². The largest absolute Gasteiger partial charge is 0.0877 e. The molecule has 0 fully saturated rings. The molecule has 1 aromatic rings. The molecule has 18 heavy (non-hydrogen) atoms. The highest BCUT2D eigenvalue weighted by Gasteiger charge is 1.98. The number of benzene rings is 1. The Morgan fingerprint density at radius 1 is 0.944 bits per heavy atom. The van der Waals surface area contributed by atoms with Crippen LogP contribution in [-0.4, -0.2) is 0 Å². The van der Waals surface area contributed by atoms with Gasteiger partial charge in [-0.3, -0.25) is 0 Å². The van der Waals surface area contributed by atoms with Crippen molar-refractivity contribution >= 4 is 5.57 Å². The fourth-order valence-electron chi connectivity index (χ4n) is 1.65. The van der Waals surface area contributed by atoms with Crippen molar-refractivity contribution in [1.29, 1.82) is 0 Å². The highest BCUT2D eigenvalue weighted by molar-refractivity contribution is 5.68. The van der Waals surface area contributed by atoms with Gasteiger partial charge in [-0.1, -0.05) is 72.4 Å². The van der Waals surface area contributed by atoms with Gasteiger partial charge in [-0.05, 0) is 38.3 Å². The van der Waals surface area contributed by atoms with Gasteiger partial charge in [0.15, 0.2) is 0 Å². The van der Waals surface area contributed by atoms with Crippen molar-refractivity contribution in [3.8, 4) is 0 Å². The lowest BCUT2D eigenvalue weighted by atomic mass is 10.0. The van der Waals surface area contributed by atoms with Crippen molar-refractivity contribution in [2.45, 2.75) is 27.2 Å². The monoisotopic (exact) mass is 238 g/mol. The molecule has 0 N–H and O–H groups in total. The maximum atomic E-state index is 2.19. The van der Waals surface area contributed by atoms with Crippen LogP contribution in [0.2, 0.25) is 0 Å². The van der Waals surface area contributed by atoms with Gasteiger partial charge in [-0.25, -0.2) is 0 Å². The SMILES string of the molecule is C/C=C\C=C/C/C(=C\C=C/C)c1ccc(C)cc1. The summed E-state index contributed by atoms with van der Waals surface area (Å²) in [5.74, 6) is 0. The molecule has 0 aromatic heterocycles. The second kappa shape index (κ2) is 8.30. The van der Waals surface area contributed by atoms with Crippen LogP contribution in [0, 0.1) is 6.92 Å². The average molecular weight is 238 g/mol. The van der Waals surface area contributed by atoms with Crippen LogP contribution in [0.25, 0.3) is 5.57 Å². The first-order chi connectivity index (χ1) is 8.77. The van der Waals surface area contributed by atoms with Crippen molar-refractivity contribution in [2.24, 2.45) is 0 Å². The van der Waals surface area contributed by atoms with Gasteiger partial charge in [0.2, 0.25) is 0 Å². The van der Waals surface area contributed by atoms with Gasteiger partial charge in [0, 0.05) is 0 Å². The lowest BCUT2D eigenvalue weighted by molar-refractivity contribution is 1.37. The first kappa shape index (κ1) is 14.2. The minimum absolute atomic E-state index is 0.956. The lowest BCUT2D eigenvalue weighted by Gasteiger charge is -2.05. The van der Waals surface area contributed by atoms with Crippen LogP contribution in [0.5, 0.6) is 0 Å². The van der Waals surface area contributed by atoms with Gasteiger partial charge in [-0.15, -0.1) is 0 Å². The molecule has 0 nitrogen and oxygen atoms in total. The Hall–Kier alpha value is -1.82. The molecule has 0 saturated heterocycles. The summed E-state index contributed by atoms with van der Waals surface area (Å²) in [5, 5.41) is 0. The molecule has 1 rings (SSSR count). The van der Waals surface area contributed by atoms with Gasteiger partial charge >= 0.3 is 0 Å². The third-order valence-corrected chi connectivity index (χ3v) is 2.69. The zero-order chi connectivity index (χ0) is 13.2. The number of hydrogen-bond donors (Lipinski definition) is 0. The summed E-state index contributed by atoms with van der Waals surface area (Å²) in [6.07, 6.45) is 15.7. The summed E-state index contributed by atoms with van der Waals surface area (Å²) in [7, 11) is 0. The molecule has 0 amide bonds. The minimum atomic E-state index is 0.956. The molecule has 0 aliphatic rings. The molecule has 0 spiro atoms. The molecule has 0 aliphatic heterocycles. The second-order valence-corrected chi connectivity index (χ2v) is 4.24. The average Bonchev–Trinajstić information content (AvgIpc) is 2.39. The molecule has 94 valence electrons. The molecule has 0 heterocycles. The summed E-state index contributed by atoms with van der Waals surface area (Å²) < 4.78 is 0. The molecule has 0 heteroatoms. The molecule has 0 aliphatic carbocycles. The summed E-state index contributed by atoms with van der Waals surface area (Å²) in [6.45, 7) is 6.19. The maximum Gasteiger partial charge on any atom is -0.00884 e. The number of hydrogen-bond acceptors (Lipinski definition) is 0. The van der Waals surface area contributed by atoms with Crippen molar-refractivity contribution in [2.75, 3.05) is 0 Å². The normalized spacial score (nSPS) is 13.2. The van der Waals surface area contributed by atoms with Crippen LogP contribution in [0.15, 0.2) is 66.8 Å². The van der Waals surface area contributed by atoms with E-state index in [-0.39, 0.29) is 0 Å². The van der Waals surface area contributed by atoms with E-state index in [1.54, 1.807) is 0 Å². The van der Waals surface area contributed by atoms with E-state index in [9.17, 15) is 0 Å². The Kier molecular flexibility index (Phi) is 6.56. The molecule has 0 saturated carbocycles. The Morgan fingerprint density at radius 3 is 2.22 bits per heavy atom. The van der Waals surface area contributed by atoms with E-state index in [0.717, 1.165) is 6.42 Å². The highest BCUT2D eigenvalue weighted by atomic mass is 14.0. The van der Waals surface area contributed by atoms with Gasteiger partial charge < -0.3 is 0 Å². The van der Waals surface area contributed by atoms with Gasteiger partial charge in [0.1, 0.15) is 0 Å². The number of aryl methyl sites for hydroxylation is 1. The summed E-state index contributed by atoms with van der Waals surface area (Å²) in [6, 6.07) is 8.70. The van der Waals surface area contributed by atoms with E-state index in [1.807, 2.05) is 19.9 Å². The topological polar surface area (TPSA) is 0 Å². The summed E-state index contributed by atoms with van der Waals surface area (Å²) in [4.78, 5) is 0. The van der Waals surface area contributed by atoms with E-state index in [0.29, 0.717) is 0 Å². The summed E-state index contributed by atoms with van der Waals surface area (Å²) in [5.41, 5.74) is 3.94. The first-order valence-electron chi connectivity index (χ1n) is 6.44. The van der Waals surface area contributed by atoms with E-state index >= 15 is 0 Å². The van der Waals surface area contributed by atoms with E-state index < -0.39 is 0 Å². The van der Waals surface area contributed by atoms with E-state index in [2.05, 4.69) is 67.6 Å². The van der Waals surface area contributed by atoms with Crippen LogP contribution in [-0.2, 0) is 0 Å². The first-order valence-corrected chi connectivity index (χ1v) is 6.44. The van der Waals surface area contributed by atoms with Crippen molar-refractivity contribution < 1.29 is 0 Å². The van der Waals surface area contributed by atoms with Crippen LogP contribution in [0.4, 0.5) is 0 Å². The number of allylic oxidation sites excluding steroid dienone is 8. The molecule has 0 bridgehead atoms. The molecule has 1 aromatic carbocycles. The molecular formula is C18H22. The second-order valence-electron chi connectivity index (χ2n) is 4.24. The molecular weight excluding hydrogens is 216 g/mol. The Morgan fingerprint density at radius 2 is 1.61 bits per heavy atom. The molecule has 0 unspecified atom stereocenters. The van der Waals surface area contributed by atoms with Crippen LogP contribution in [0.1, 0.15) is 31.4 Å². The number of rotatable bonds is 5. The summed E-state index contributed by atoms with van der Waals surface area (Å²) >= 11 is 0. The van der Waals surface area contributed by atoms with Crippen molar-refractivity contribution in [3.63, 3.8) is 0 Å². The van der Waals surface area contributed by atoms with Crippen LogP contribution in [0.3, 0.4) is 0 Å². The van der Waals surface area contributed by atoms with Crippen molar-refractivity contribution in [3.05, 3.63) is 77.9 Å². The smallest absolute Gasteiger partial charge is 0.00884 e. The Bertz CT molecular complexity index is 453. The van der Waals surface area contributed by atoms with Crippen molar-refractivity contribution in [1.82, 2.24) is 0 Å². The quantitative estimate of drug-likeness (QED) is 0.596. The van der Waals surface area contributed by atoms with E-state index in [4.69, 9.17) is 0 Å². The predicted octanol–water partition coefficient (Wildman–Crippen LogP) is 5.48. The third-order valence-electron chi connectivity index (χ3n) is 2.69. The predicted molar refractivity (Wildman–Crippen MR) is 82.5 cm³/mol. The maximum absolute atomic E-state index is 2.19. The fourth-order valence-corrected chi connectivity index (χ4v) is 1.65. The fraction of sp³-hybridized carbons (Fsp3) is 0.222. The van der Waals surface area contributed by atoms with Crippen LogP contribution >= 0.6 is 0 Å². The third kappa shape index (κ3) is 5.01. The van der Waals surface area contributed by atoms with Gasteiger partial charge in [0.25, 0.3) is 0 Å². The van der Waals surface area contributed by atoms with Gasteiger partial charge in [-0.2, -0.15) is 0 Å². The molecule has 0 atom stereocenters. The zero-order valence-corrected chi connectivity index (χ0v) is 11.6. The Balaban J connectivity index is 2.88. The molecule has 0 radical (unpaired) electrons.